The first-order chi connectivity index (χ1) is 5.66. The number of rotatable bonds is 4. The first kappa shape index (κ1) is 9.52. The second kappa shape index (κ2) is 3.90. The van der Waals surface area contributed by atoms with E-state index in [-0.39, 0.29) is 11.8 Å². The molecule has 1 fully saturated rings. The normalized spacial score (nSPS) is 18.9. The van der Waals surface area contributed by atoms with Crippen LogP contribution in [0.25, 0.3) is 0 Å². The van der Waals surface area contributed by atoms with Crippen molar-refractivity contribution >= 4 is 5.91 Å². The molecule has 0 spiro atoms. The van der Waals surface area contributed by atoms with Gasteiger partial charge in [0, 0.05) is 26.1 Å². The molecule has 0 bridgehead atoms. The quantitative estimate of drug-likeness (QED) is 0.666. The molecule has 1 rings (SSSR count). The van der Waals surface area contributed by atoms with Crippen molar-refractivity contribution in [2.24, 2.45) is 17.6 Å². The molecule has 0 radical (unpaired) electrons. The summed E-state index contributed by atoms with van der Waals surface area (Å²) in [6.07, 6.45) is 2.45. The Hall–Kier alpha value is -0.570. The predicted octanol–water partition coefficient (Wildman–Crippen LogP) is 0.450. The summed E-state index contributed by atoms with van der Waals surface area (Å²) in [6, 6.07) is 0. The minimum Gasteiger partial charge on any atom is -0.344 e. The molecule has 70 valence electrons. The van der Waals surface area contributed by atoms with Crippen molar-refractivity contribution in [3.8, 4) is 0 Å². The van der Waals surface area contributed by atoms with Crippen LogP contribution in [0.3, 0.4) is 0 Å². The van der Waals surface area contributed by atoms with Gasteiger partial charge in [-0.1, -0.05) is 6.92 Å². The highest BCUT2D eigenvalue weighted by Crippen LogP contribution is 2.37. The Kier molecular flexibility index (Phi) is 3.09. The van der Waals surface area contributed by atoms with Crippen LogP contribution < -0.4 is 5.73 Å². The van der Waals surface area contributed by atoms with Crippen LogP contribution >= 0.6 is 0 Å². The minimum absolute atomic E-state index is 0.210. The number of carbonyl (C=O) groups is 1. The van der Waals surface area contributed by atoms with Gasteiger partial charge in [-0.25, -0.2) is 0 Å². The maximum atomic E-state index is 11.6. The zero-order valence-electron chi connectivity index (χ0n) is 7.92. The van der Waals surface area contributed by atoms with Crippen LogP contribution in [0.1, 0.15) is 19.8 Å². The van der Waals surface area contributed by atoms with Gasteiger partial charge in [-0.2, -0.15) is 0 Å². The molecule has 2 N–H and O–H groups in total. The molecule has 0 aromatic rings. The van der Waals surface area contributed by atoms with Crippen LogP contribution in [0.4, 0.5) is 0 Å². The molecule has 0 aromatic carbocycles. The number of amides is 1. The van der Waals surface area contributed by atoms with Gasteiger partial charge in [0.25, 0.3) is 0 Å². The lowest BCUT2D eigenvalue weighted by molar-refractivity contribution is -0.134. The third kappa shape index (κ3) is 2.21. The number of hydrogen-bond acceptors (Lipinski definition) is 2. The van der Waals surface area contributed by atoms with E-state index in [4.69, 9.17) is 5.73 Å². The van der Waals surface area contributed by atoms with E-state index in [1.807, 2.05) is 14.0 Å². The number of hydrogen-bond donors (Lipinski definition) is 1. The lowest BCUT2D eigenvalue weighted by atomic mass is 10.1. The van der Waals surface area contributed by atoms with Crippen LogP contribution in [-0.2, 0) is 4.79 Å². The smallest absolute Gasteiger partial charge is 0.225 e. The molecule has 1 aliphatic rings. The van der Waals surface area contributed by atoms with E-state index in [1.54, 1.807) is 4.90 Å². The summed E-state index contributed by atoms with van der Waals surface area (Å²) in [4.78, 5) is 13.3. The molecular formula is C9H18N2O. The molecule has 3 nitrogen and oxygen atoms in total. The monoisotopic (exact) mass is 170 g/mol. The maximum absolute atomic E-state index is 11.6. The van der Waals surface area contributed by atoms with Crippen molar-refractivity contribution in [2.75, 3.05) is 20.1 Å². The van der Waals surface area contributed by atoms with Crippen molar-refractivity contribution in [3.05, 3.63) is 0 Å². The van der Waals surface area contributed by atoms with Gasteiger partial charge in [0.05, 0.1) is 0 Å². The summed E-state index contributed by atoms with van der Waals surface area (Å²) in [6.45, 7) is 3.25. The Balaban J connectivity index is 2.33. The van der Waals surface area contributed by atoms with Crippen molar-refractivity contribution in [2.45, 2.75) is 19.8 Å². The summed E-state index contributed by atoms with van der Waals surface area (Å²) < 4.78 is 0. The zero-order chi connectivity index (χ0) is 9.14. The van der Waals surface area contributed by atoms with Gasteiger partial charge in [-0.15, -0.1) is 0 Å². The summed E-state index contributed by atoms with van der Waals surface area (Å²) in [7, 11) is 1.83. The topological polar surface area (TPSA) is 46.3 Å². The first-order valence-electron chi connectivity index (χ1n) is 4.62. The van der Waals surface area contributed by atoms with Crippen molar-refractivity contribution in [1.82, 2.24) is 4.90 Å². The number of likely N-dealkylation sites (N-methyl/N-ethyl adjacent to an activating group) is 1. The lowest BCUT2D eigenvalue weighted by Gasteiger charge is -2.20. The Bertz CT molecular complexity index is 166. The summed E-state index contributed by atoms with van der Waals surface area (Å²) in [5.41, 5.74) is 5.37. The third-order valence-corrected chi connectivity index (χ3v) is 2.56. The summed E-state index contributed by atoms with van der Waals surface area (Å²) >= 11 is 0. The fourth-order valence-electron chi connectivity index (χ4n) is 1.45. The second-order valence-corrected chi connectivity index (χ2v) is 3.67. The third-order valence-electron chi connectivity index (χ3n) is 2.56. The van der Waals surface area contributed by atoms with Crippen molar-refractivity contribution in [3.63, 3.8) is 0 Å². The van der Waals surface area contributed by atoms with Crippen molar-refractivity contribution < 1.29 is 4.79 Å². The maximum Gasteiger partial charge on any atom is 0.225 e. The predicted molar refractivity (Wildman–Crippen MR) is 48.6 cm³/mol. The highest BCUT2D eigenvalue weighted by molar-refractivity contribution is 5.78. The van der Waals surface area contributed by atoms with Crippen LogP contribution in [0.2, 0.25) is 0 Å². The van der Waals surface area contributed by atoms with Gasteiger partial charge in [0.15, 0.2) is 0 Å². The highest BCUT2D eigenvalue weighted by Gasteiger charge is 2.33. The van der Waals surface area contributed by atoms with E-state index >= 15 is 0 Å². The zero-order valence-corrected chi connectivity index (χ0v) is 7.92. The lowest BCUT2D eigenvalue weighted by Crippen LogP contribution is -2.36. The van der Waals surface area contributed by atoms with Crippen LogP contribution in [0, 0.1) is 11.8 Å². The second-order valence-electron chi connectivity index (χ2n) is 3.67. The minimum atomic E-state index is 0.210. The van der Waals surface area contributed by atoms with Gasteiger partial charge in [0.2, 0.25) is 5.91 Å². The van der Waals surface area contributed by atoms with Crippen LogP contribution in [0.5, 0.6) is 0 Å². The van der Waals surface area contributed by atoms with E-state index in [0.717, 1.165) is 0 Å². The average Bonchev–Trinajstić information content (AvgIpc) is 2.84. The Morgan fingerprint density at radius 2 is 2.25 bits per heavy atom. The van der Waals surface area contributed by atoms with Crippen molar-refractivity contribution in [1.29, 1.82) is 0 Å². The molecule has 1 saturated carbocycles. The summed E-state index contributed by atoms with van der Waals surface area (Å²) in [5, 5.41) is 0. The molecule has 0 aliphatic heterocycles. The SMILES string of the molecule is CC(C(=O)N(C)CCN)C1CC1. The molecule has 1 unspecified atom stereocenters. The van der Waals surface area contributed by atoms with Gasteiger partial charge in [-0.05, 0) is 18.8 Å². The number of nitrogens with zero attached hydrogens (tertiary/aromatic N) is 1. The van der Waals surface area contributed by atoms with E-state index < -0.39 is 0 Å². The Labute approximate surface area is 73.9 Å². The van der Waals surface area contributed by atoms with Gasteiger partial charge in [0.1, 0.15) is 0 Å². The van der Waals surface area contributed by atoms with E-state index in [1.165, 1.54) is 12.8 Å². The van der Waals surface area contributed by atoms with E-state index in [2.05, 4.69) is 0 Å². The average molecular weight is 170 g/mol. The fourth-order valence-corrected chi connectivity index (χ4v) is 1.45. The molecule has 1 atom stereocenters. The van der Waals surface area contributed by atoms with Gasteiger partial charge in [-0.3, -0.25) is 4.79 Å². The van der Waals surface area contributed by atoms with Gasteiger partial charge < -0.3 is 10.6 Å². The van der Waals surface area contributed by atoms with Gasteiger partial charge >= 0.3 is 0 Å². The Morgan fingerprint density at radius 1 is 1.67 bits per heavy atom. The molecular weight excluding hydrogens is 152 g/mol. The molecule has 0 aromatic heterocycles. The molecule has 0 heterocycles. The van der Waals surface area contributed by atoms with E-state index in [9.17, 15) is 4.79 Å². The standard InChI is InChI=1S/C9H18N2O/c1-7(8-3-4-8)9(12)11(2)6-5-10/h7-8H,3-6,10H2,1-2H3. The number of carbonyl (C=O) groups excluding carboxylic acids is 1. The molecule has 12 heavy (non-hydrogen) atoms. The highest BCUT2D eigenvalue weighted by atomic mass is 16.2. The molecule has 1 aliphatic carbocycles. The Morgan fingerprint density at radius 3 is 2.67 bits per heavy atom. The fraction of sp³-hybridized carbons (Fsp3) is 0.889. The largest absolute Gasteiger partial charge is 0.344 e. The molecule has 3 heteroatoms. The first-order valence-corrected chi connectivity index (χ1v) is 4.62. The number of nitrogens with two attached hydrogens (primary N) is 1. The van der Waals surface area contributed by atoms with Crippen LogP contribution in [0.15, 0.2) is 0 Å². The summed E-state index contributed by atoms with van der Waals surface area (Å²) in [5.74, 6) is 1.11. The molecule has 0 saturated heterocycles. The molecule has 1 amide bonds. The van der Waals surface area contributed by atoms with Crippen LogP contribution in [-0.4, -0.2) is 30.9 Å². The van der Waals surface area contributed by atoms with E-state index in [0.29, 0.717) is 19.0 Å².